The highest BCUT2D eigenvalue weighted by Gasteiger charge is 2.08. The Morgan fingerprint density at radius 2 is 2.45 bits per heavy atom. The van der Waals surface area contributed by atoms with Gasteiger partial charge in [-0.3, -0.25) is 4.68 Å². The van der Waals surface area contributed by atoms with Gasteiger partial charge in [-0.25, -0.2) is 0 Å². The molecule has 0 radical (unpaired) electrons. The first-order chi connectivity index (χ1) is 5.16. The van der Waals surface area contributed by atoms with Crippen LogP contribution in [-0.4, -0.2) is 9.78 Å². The number of hydrogen-bond donors (Lipinski definition) is 1. The van der Waals surface area contributed by atoms with E-state index < -0.39 is 0 Å². The van der Waals surface area contributed by atoms with Crippen molar-refractivity contribution in [3.63, 3.8) is 0 Å². The van der Waals surface area contributed by atoms with Gasteiger partial charge in [0.1, 0.15) is 0 Å². The minimum absolute atomic E-state index is 0.330. The van der Waals surface area contributed by atoms with Crippen LogP contribution in [0.15, 0.2) is 6.20 Å². The molecular formula is C8H11N3. The minimum atomic E-state index is -0.330. The van der Waals surface area contributed by atoms with Gasteiger partial charge in [-0.05, 0) is 6.92 Å². The highest BCUT2D eigenvalue weighted by Crippen LogP contribution is 2.12. The molecule has 3 nitrogen and oxygen atoms in total. The van der Waals surface area contributed by atoms with E-state index >= 15 is 0 Å². The van der Waals surface area contributed by atoms with Crippen molar-refractivity contribution in [2.75, 3.05) is 0 Å². The van der Waals surface area contributed by atoms with Crippen LogP contribution in [-0.2, 0) is 7.05 Å². The van der Waals surface area contributed by atoms with Gasteiger partial charge in [-0.1, -0.05) is 5.92 Å². The fourth-order valence-electron chi connectivity index (χ4n) is 0.911. The van der Waals surface area contributed by atoms with Crippen LogP contribution in [0.3, 0.4) is 0 Å². The lowest BCUT2D eigenvalue weighted by Gasteiger charge is -2.01. The summed E-state index contributed by atoms with van der Waals surface area (Å²) in [5, 5.41) is 4.03. The zero-order valence-electron chi connectivity index (χ0n) is 6.70. The molecule has 1 aromatic rings. The second-order valence-electron chi connectivity index (χ2n) is 2.45. The predicted molar refractivity (Wildman–Crippen MR) is 43.7 cm³/mol. The van der Waals surface area contributed by atoms with Gasteiger partial charge < -0.3 is 5.73 Å². The molecule has 0 fully saturated rings. The van der Waals surface area contributed by atoms with Crippen LogP contribution in [0.4, 0.5) is 0 Å². The fraction of sp³-hybridized carbons (Fsp3) is 0.375. The summed E-state index contributed by atoms with van der Waals surface area (Å²) in [6.07, 6.45) is 6.88. The molecular weight excluding hydrogens is 138 g/mol. The quantitative estimate of drug-likeness (QED) is 0.586. The molecule has 0 aliphatic heterocycles. The first-order valence-electron chi connectivity index (χ1n) is 3.37. The lowest BCUT2D eigenvalue weighted by molar-refractivity contribution is 0.736. The molecule has 0 saturated carbocycles. The molecule has 1 unspecified atom stereocenters. The maximum atomic E-state index is 5.62. The molecule has 1 aromatic heterocycles. The Kier molecular flexibility index (Phi) is 1.97. The lowest BCUT2D eigenvalue weighted by atomic mass is 10.1. The smallest absolute Gasteiger partial charge is 0.0951 e. The summed E-state index contributed by atoms with van der Waals surface area (Å²) in [6.45, 7) is 1.94. The molecule has 0 bridgehead atoms. The summed E-state index contributed by atoms with van der Waals surface area (Å²) in [4.78, 5) is 0. The second kappa shape index (κ2) is 2.77. The van der Waals surface area contributed by atoms with Crippen molar-refractivity contribution in [1.29, 1.82) is 0 Å². The molecule has 58 valence electrons. The number of terminal acetylenes is 1. The van der Waals surface area contributed by atoms with Crippen LogP contribution in [0.2, 0.25) is 0 Å². The molecule has 2 N–H and O–H groups in total. The Balaban J connectivity index is 3.07. The monoisotopic (exact) mass is 149 g/mol. The van der Waals surface area contributed by atoms with E-state index in [1.165, 1.54) is 0 Å². The largest absolute Gasteiger partial charge is 0.314 e. The molecule has 3 heteroatoms. The van der Waals surface area contributed by atoms with Crippen LogP contribution in [0.1, 0.15) is 17.3 Å². The van der Waals surface area contributed by atoms with E-state index in [2.05, 4.69) is 11.0 Å². The van der Waals surface area contributed by atoms with Crippen molar-refractivity contribution in [1.82, 2.24) is 9.78 Å². The van der Waals surface area contributed by atoms with Crippen molar-refractivity contribution in [2.24, 2.45) is 12.8 Å². The predicted octanol–water partition coefficient (Wildman–Crippen LogP) is 0.362. The summed E-state index contributed by atoms with van der Waals surface area (Å²) in [5.74, 6) is 2.46. The molecule has 1 atom stereocenters. The Morgan fingerprint density at radius 1 is 1.82 bits per heavy atom. The van der Waals surface area contributed by atoms with Gasteiger partial charge in [0.2, 0.25) is 0 Å². The molecule has 1 heterocycles. The number of nitrogens with two attached hydrogens (primary N) is 1. The van der Waals surface area contributed by atoms with Gasteiger partial charge in [-0.2, -0.15) is 5.10 Å². The average molecular weight is 149 g/mol. The van der Waals surface area contributed by atoms with Crippen LogP contribution in [0.5, 0.6) is 0 Å². The maximum Gasteiger partial charge on any atom is 0.0951 e. The van der Waals surface area contributed by atoms with E-state index in [-0.39, 0.29) is 6.04 Å². The van der Waals surface area contributed by atoms with E-state index in [1.807, 2.05) is 14.0 Å². The number of rotatable bonds is 1. The molecule has 11 heavy (non-hydrogen) atoms. The number of hydrogen-bond acceptors (Lipinski definition) is 2. The summed E-state index contributed by atoms with van der Waals surface area (Å²) < 4.78 is 1.76. The van der Waals surface area contributed by atoms with Gasteiger partial charge in [-0.15, -0.1) is 6.42 Å². The molecule has 0 amide bonds. The van der Waals surface area contributed by atoms with E-state index in [0.29, 0.717) is 0 Å². The van der Waals surface area contributed by atoms with Gasteiger partial charge >= 0.3 is 0 Å². The first-order valence-corrected chi connectivity index (χ1v) is 3.37. The lowest BCUT2D eigenvalue weighted by Crippen LogP contribution is -2.08. The topological polar surface area (TPSA) is 43.8 Å². The fourth-order valence-corrected chi connectivity index (χ4v) is 0.911. The van der Waals surface area contributed by atoms with E-state index in [4.69, 9.17) is 12.2 Å². The average Bonchev–Trinajstić information content (AvgIpc) is 2.32. The minimum Gasteiger partial charge on any atom is -0.314 e. The zero-order chi connectivity index (χ0) is 8.43. The van der Waals surface area contributed by atoms with Crippen molar-refractivity contribution >= 4 is 0 Å². The Hall–Kier alpha value is -1.27. The summed E-state index contributed by atoms with van der Waals surface area (Å²) in [5.41, 5.74) is 7.57. The molecule has 0 aliphatic carbocycles. The molecule has 0 aliphatic rings. The number of aromatic nitrogens is 2. The van der Waals surface area contributed by atoms with Gasteiger partial charge in [0.15, 0.2) is 0 Å². The third-order valence-electron chi connectivity index (χ3n) is 1.79. The highest BCUT2D eigenvalue weighted by molar-refractivity contribution is 5.26. The third kappa shape index (κ3) is 1.26. The van der Waals surface area contributed by atoms with Crippen molar-refractivity contribution in [3.8, 4) is 12.3 Å². The molecule has 0 spiro atoms. The molecule has 0 aromatic carbocycles. The standard InChI is InChI=1S/C8H11N3/c1-4-8(9)7-5-10-11(3)6(7)2/h1,5,8H,9H2,2-3H3. The Labute approximate surface area is 66.2 Å². The van der Waals surface area contributed by atoms with Gasteiger partial charge in [0.05, 0.1) is 12.2 Å². The maximum absolute atomic E-state index is 5.62. The SMILES string of the molecule is C#CC(N)c1cnn(C)c1C. The Bertz CT molecular complexity index is 293. The van der Waals surface area contributed by atoms with Crippen molar-refractivity contribution < 1.29 is 0 Å². The first kappa shape index (κ1) is 7.83. The van der Waals surface area contributed by atoms with Crippen molar-refractivity contribution in [3.05, 3.63) is 17.5 Å². The number of aryl methyl sites for hydroxylation is 1. The Morgan fingerprint density at radius 3 is 2.82 bits per heavy atom. The normalized spacial score (nSPS) is 12.5. The molecule has 1 rings (SSSR count). The van der Waals surface area contributed by atoms with Gasteiger partial charge in [0, 0.05) is 18.3 Å². The van der Waals surface area contributed by atoms with E-state index in [1.54, 1.807) is 10.9 Å². The van der Waals surface area contributed by atoms with E-state index in [0.717, 1.165) is 11.3 Å². The summed E-state index contributed by atoms with van der Waals surface area (Å²) >= 11 is 0. The highest BCUT2D eigenvalue weighted by atomic mass is 15.3. The van der Waals surface area contributed by atoms with Crippen LogP contribution < -0.4 is 5.73 Å². The molecule has 0 saturated heterocycles. The summed E-state index contributed by atoms with van der Waals surface area (Å²) in [6, 6.07) is -0.330. The number of nitrogens with zero attached hydrogens (tertiary/aromatic N) is 2. The van der Waals surface area contributed by atoms with Crippen LogP contribution in [0.25, 0.3) is 0 Å². The van der Waals surface area contributed by atoms with Crippen LogP contribution >= 0.6 is 0 Å². The van der Waals surface area contributed by atoms with Gasteiger partial charge in [0.25, 0.3) is 0 Å². The van der Waals surface area contributed by atoms with Crippen LogP contribution in [0, 0.1) is 19.3 Å². The summed E-state index contributed by atoms with van der Waals surface area (Å²) in [7, 11) is 1.86. The van der Waals surface area contributed by atoms with E-state index in [9.17, 15) is 0 Å². The second-order valence-corrected chi connectivity index (χ2v) is 2.45. The third-order valence-corrected chi connectivity index (χ3v) is 1.79. The zero-order valence-corrected chi connectivity index (χ0v) is 6.70. The van der Waals surface area contributed by atoms with Crippen molar-refractivity contribution in [2.45, 2.75) is 13.0 Å².